The van der Waals surface area contributed by atoms with Gasteiger partial charge in [0.05, 0.1) is 27.9 Å². The Bertz CT molecular complexity index is 410. The van der Waals surface area contributed by atoms with Gasteiger partial charge in [-0.1, -0.05) is 0 Å². The van der Waals surface area contributed by atoms with Crippen molar-refractivity contribution in [3.63, 3.8) is 0 Å². The normalized spacial score (nSPS) is 10.1. The molecule has 19 heavy (non-hydrogen) atoms. The molecule has 0 aromatic heterocycles. The van der Waals surface area contributed by atoms with Gasteiger partial charge in [0.25, 0.3) is 0 Å². The van der Waals surface area contributed by atoms with Crippen molar-refractivity contribution in [1.29, 1.82) is 0 Å². The number of nitrogens with two attached hydrogens (primary N) is 1. The number of hydrogen-bond acceptors (Lipinski definition) is 5. The van der Waals surface area contributed by atoms with Gasteiger partial charge in [-0.3, -0.25) is 4.79 Å². The first-order valence-corrected chi connectivity index (χ1v) is 5.90. The van der Waals surface area contributed by atoms with Gasteiger partial charge >= 0.3 is 0 Å². The van der Waals surface area contributed by atoms with E-state index < -0.39 is 0 Å². The van der Waals surface area contributed by atoms with Crippen molar-refractivity contribution in [2.75, 3.05) is 34.4 Å². The molecule has 0 spiro atoms. The Morgan fingerprint density at radius 3 is 2.16 bits per heavy atom. The molecule has 0 aliphatic rings. The second-order valence-electron chi connectivity index (χ2n) is 3.90. The van der Waals surface area contributed by atoms with Crippen LogP contribution in [0.2, 0.25) is 0 Å². The van der Waals surface area contributed by atoms with Crippen molar-refractivity contribution < 1.29 is 19.0 Å². The van der Waals surface area contributed by atoms with E-state index >= 15 is 0 Å². The third-order valence-corrected chi connectivity index (χ3v) is 2.67. The third kappa shape index (κ3) is 4.33. The van der Waals surface area contributed by atoms with Crippen molar-refractivity contribution in [2.24, 2.45) is 5.73 Å². The second kappa shape index (κ2) is 7.48. The lowest BCUT2D eigenvalue weighted by Crippen LogP contribution is -2.30. The van der Waals surface area contributed by atoms with Crippen molar-refractivity contribution in [3.05, 3.63) is 17.7 Å². The van der Waals surface area contributed by atoms with E-state index in [1.807, 2.05) is 0 Å². The number of carbonyl (C=O) groups is 1. The molecule has 106 valence electrons. The van der Waals surface area contributed by atoms with Crippen LogP contribution in [0.3, 0.4) is 0 Å². The number of nitrogens with one attached hydrogen (secondary N) is 1. The number of ether oxygens (including phenoxy) is 3. The summed E-state index contributed by atoms with van der Waals surface area (Å²) >= 11 is 0. The van der Waals surface area contributed by atoms with E-state index in [2.05, 4.69) is 5.32 Å². The Labute approximate surface area is 112 Å². The highest BCUT2D eigenvalue weighted by Crippen LogP contribution is 2.34. The highest BCUT2D eigenvalue weighted by Gasteiger charge is 2.12. The first-order valence-electron chi connectivity index (χ1n) is 5.90. The molecule has 1 aromatic carbocycles. The van der Waals surface area contributed by atoms with Gasteiger partial charge in [0, 0.05) is 17.7 Å². The molecule has 0 radical (unpaired) electrons. The van der Waals surface area contributed by atoms with Gasteiger partial charge in [0.2, 0.25) is 5.91 Å². The van der Waals surface area contributed by atoms with E-state index in [0.717, 1.165) is 5.56 Å². The summed E-state index contributed by atoms with van der Waals surface area (Å²) in [5, 5.41) is 2.95. The Morgan fingerprint density at radius 2 is 1.74 bits per heavy atom. The molecule has 6 heteroatoms. The van der Waals surface area contributed by atoms with Crippen LogP contribution in [-0.4, -0.2) is 40.3 Å². The molecule has 0 aliphatic carbocycles. The van der Waals surface area contributed by atoms with Crippen LogP contribution in [0, 0.1) is 0 Å². The average Bonchev–Trinajstić information content (AvgIpc) is 2.42. The molecular weight excluding hydrogens is 248 g/mol. The molecule has 0 unspecified atom stereocenters. The van der Waals surface area contributed by atoms with Gasteiger partial charge < -0.3 is 25.3 Å². The fraction of sp³-hybridized carbons (Fsp3) is 0.462. The Kier molecular flexibility index (Phi) is 5.95. The van der Waals surface area contributed by atoms with Crippen LogP contribution in [0.1, 0.15) is 5.56 Å². The van der Waals surface area contributed by atoms with Crippen LogP contribution in [0.25, 0.3) is 0 Å². The van der Waals surface area contributed by atoms with Crippen molar-refractivity contribution in [1.82, 2.24) is 5.32 Å². The van der Waals surface area contributed by atoms with Crippen LogP contribution in [0.5, 0.6) is 17.2 Å². The molecule has 1 rings (SSSR count). The van der Waals surface area contributed by atoms with Gasteiger partial charge in [0.1, 0.15) is 17.2 Å². The number of hydrogen-bond donors (Lipinski definition) is 2. The van der Waals surface area contributed by atoms with Crippen LogP contribution >= 0.6 is 0 Å². The molecular formula is C13H20N2O4. The Balaban J connectivity index is 2.82. The Morgan fingerprint density at radius 1 is 1.16 bits per heavy atom. The minimum Gasteiger partial charge on any atom is -0.496 e. The molecule has 1 amide bonds. The van der Waals surface area contributed by atoms with E-state index in [1.54, 1.807) is 33.5 Å². The van der Waals surface area contributed by atoms with Crippen LogP contribution in [0.4, 0.5) is 0 Å². The summed E-state index contributed by atoms with van der Waals surface area (Å²) in [5.41, 5.74) is 5.97. The summed E-state index contributed by atoms with van der Waals surface area (Å²) in [5.74, 6) is 1.67. The fourth-order valence-electron chi connectivity index (χ4n) is 1.75. The minimum absolute atomic E-state index is 0.154. The highest BCUT2D eigenvalue weighted by molar-refractivity contribution is 5.75. The molecule has 0 fully saturated rings. The summed E-state index contributed by atoms with van der Waals surface area (Å²) in [6.07, 6.45) is 0.656. The molecule has 0 saturated heterocycles. The Hall–Kier alpha value is -1.95. The maximum atomic E-state index is 10.6. The summed E-state index contributed by atoms with van der Waals surface area (Å²) in [6.45, 7) is 0.753. The van der Waals surface area contributed by atoms with E-state index in [4.69, 9.17) is 19.9 Å². The SMILES string of the molecule is COc1cc(OC)c(CCNCC(N)=O)c(OC)c1. The molecule has 1 aromatic rings. The van der Waals surface area contributed by atoms with Crippen LogP contribution in [0.15, 0.2) is 12.1 Å². The lowest BCUT2D eigenvalue weighted by Gasteiger charge is -2.15. The quantitative estimate of drug-likeness (QED) is 0.664. The summed E-state index contributed by atoms with van der Waals surface area (Å²) < 4.78 is 15.8. The summed E-state index contributed by atoms with van der Waals surface area (Å²) in [6, 6.07) is 3.60. The van der Waals surface area contributed by atoms with E-state index in [1.165, 1.54) is 0 Å². The van der Waals surface area contributed by atoms with Crippen LogP contribution < -0.4 is 25.3 Å². The molecule has 0 heterocycles. The number of benzene rings is 1. The van der Waals surface area contributed by atoms with Gasteiger partial charge in [-0.2, -0.15) is 0 Å². The maximum absolute atomic E-state index is 10.6. The van der Waals surface area contributed by atoms with E-state index in [0.29, 0.717) is 30.2 Å². The zero-order valence-electron chi connectivity index (χ0n) is 11.5. The van der Waals surface area contributed by atoms with Gasteiger partial charge in [-0.15, -0.1) is 0 Å². The lowest BCUT2D eigenvalue weighted by atomic mass is 10.1. The number of primary amides is 1. The summed E-state index contributed by atoms with van der Waals surface area (Å²) in [4.78, 5) is 10.6. The van der Waals surface area contributed by atoms with E-state index in [9.17, 15) is 4.79 Å². The molecule has 3 N–H and O–H groups in total. The van der Waals surface area contributed by atoms with E-state index in [-0.39, 0.29) is 12.5 Å². The average molecular weight is 268 g/mol. The predicted molar refractivity (Wildman–Crippen MR) is 71.9 cm³/mol. The second-order valence-corrected chi connectivity index (χ2v) is 3.90. The molecule has 0 atom stereocenters. The first kappa shape index (κ1) is 15.1. The largest absolute Gasteiger partial charge is 0.496 e. The van der Waals surface area contributed by atoms with Gasteiger partial charge in [0.15, 0.2) is 0 Å². The van der Waals surface area contributed by atoms with Crippen LogP contribution in [-0.2, 0) is 11.2 Å². The number of methoxy groups -OCH3 is 3. The zero-order valence-corrected chi connectivity index (χ0v) is 11.5. The third-order valence-electron chi connectivity index (χ3n) is 2.67. The van der Waals surface area contributed by atoms with Gasteiger partial charge in [-0.05, 0) is 13.0 Å². The number of carbonyl (C=O) groups excluding carboxylic acids is 1. The molecule has 0 bridgehead atoms. The zero-order chi connectivity index (χ0) is 14.3. The van der Waals surface area contributed by atoms with Crippen molar-refractivity contribution in [3.8, 4) is 17.2 Å². The maximum Gasteiger partial charge on any atom is 0.231 e. The van der Waals surface area contributed by atoms with Crippen molar-refractivity contribution in [2.45, 2.75) is 6.42 Å². The van der Waals surface area contributed by atoms with Gasteiger partial charge in [-0.25, -0.2) is 0 Å². The number of amides is 1. The first-order chi connectivity index (χ1) is 9.12. The van der Waals surface area contributed by atoms with Crippen molar-refractivity contribution >= 4 is 5.91 Å². The fourth-order valence-corrected chi connectivity index (χ4v) is 1.75. The standard InChI is InChI=1S/C13H20N2O4/c1-17-9-6-11(18-2)10(12(7-9)19-3)4-5-15-8-13(14)16/h6-7,15H,4-5,8H2,1-3H3,(H2,14,16). The lowest BCUT2D eigenvalue weighted by molar-refractivity contribution is -0.117. The number of rotatable bonds is 8. The molecule has 0 saturated carbocycles. The molecule has 0 aliphatic heterocycles. The topological polar surface area (TPSA) is 82.8 Å². The highest BCUT2D eigenvalue weighted by atomic mass is 16.5. The smallest absolute Gasteiger partial charge is 0.231 e. The predicted octanol–water partition coefficient (Wildman–Crippen LogP) is 0.330. The monoisotopic (exact) mass is 268 g/mol. The molecule has 6 nitrogen and oxygen atoms in total. The summed E-state index contributed by atoms with van der Waals surface area (Å²) in [7, 11) is 4.77. The minimum atomic E-state index is -0.381.